The highest BCUT2D eigenvalue weighted by Crippen LogP contribution is 2.27. The number of non-ortho nitro benzene ring substituents is 1. The van der Waals surface area contributed by atoms with E-state index in [0.29, 0.717) is 0 Å². The summed E-state index contributed by atoms with van der Waals surface area (Å²) < 4.78 is 4.98. The number of carbonyl (C=O) groups excluding carboxylic acids is 2. The molecule has 0 aliphatic heterocycles. The maximum absolute atomic E-state index is 12.2. The summed E-state index contributed by atoms with van der Waals surface area (Å²) in [5, 5.41) is 23.7. The number of hydrogen-bond acceptors (Lipinski definition) is 7. The molecule has 1 N–H and O–H groups in total. The predicted octanol–water partition coefficient (Wildman–Crippen LogP) is 3.99. The third-order valence-electron chi connectivity index (χ3n) is 3.45. The fraction of sp³-hybridized carbons (Fsp3) is 0.125. The van der Waals surface area contributed by atoms with Crippen LogP contribution in [0.4, 0.5) is 17.1 Å². The maximum Gasteiger partial charge on any atom is 0.339 e. The van der Waals surface area contributed by atoms with Gasteiger partial charge in [-0.3, -0.25) is 25.0 Å². The lowest BCUT2D eigenvalue weighted by Gasteiger charge is -2.14. The van der Waals surface area contributed by atoms with E-state index >= 15 is 0 Å². The molecule has 0 bridgehead atoms. The molecule has 0 saturated heterocycles. The van der Waals surface area contributed by atoms with Gasteiger partial charge in [-0.05, 0) is 25.1 Å². The van der Waals surface area contributed by atoms with Gasteiger partial charge in [0, 0.05) is 18.2 Å². The number of nitro groups is 2. The molecule has 2 aromatic rings. The number of nitro benzene ring substituents is 2. The van der Waals surface area contributed by atoms with Crippen molar-refractivity contribution < 1.29 is 24.2 Å². The lowest BCUT2D eigenvalue weighted by atomic mass is 10.2. The van der Waals surface area contributed by atoms with E-state index in [0.717, 1.165) is 24.3 Å². The van der Waals surface area contributed by atoms with Gasteiger partial charge in [0.25, 0.3) is 17.3 Å². The van der Waals surface area contributed by atoms with E-state index in [1.54, 1.807) is 0 Å². The quantitative estimate of drug-likeness (QED) is 0.416. The van der Waals surface area contributed by atoms with Crippen molar-refractivity contribution in [3.05, 3.63) is 72.2 Å². The van der Waals surface area contributed by atoms with Crippen LogP contribution in [0.1, 0.15) is 17.3 Å². The zero-order valence-corrected chi connectivity index (χ0v) is 15.6. The van der Waals surface area contributed by atoms with Crippen molar-refractivity contribution in [3.63, 3.8) is 0 Å². The Morgan fingerprint density at radius 2 is 1.71 bits per heavy atom. The molecule has 0 aliphatic rings. The fourth-order valence-corrected chi connectivity index (χ4v) is 2.42. The van der Waals surface area contributed by atoms with Crippen LogP contribution in [-0.4, -0.2) is 27.8 Å². The minimum atomic E-state index is -1.28. The van der Waals surface area contributed by atoms with Crippen LogP contribution in [0.5, 0.6) is 0 Å². The molecule has 0 fully saturated rings. The molecule has 12 heteroatoms. The zero-order valence-electron chi connectivity index (χ0n) is 14.0. The van der Waals surface area contributed by atoms with Crippen molar-refractivity contribution in [2.75, 3.05) is 5.32 Å². The third-order valence-corrected chi connectivity index (χ3v) is 4.09. The van der Waals surface area contributed by atoms with Gasteiger partial charge in [-0.2, -0.15) is 0 Å². The molecule has 2 aromatic carbocycles. The normalized spacial score (nSPS) is 11.4. The zero-order chi connectivity index (χ0) is 21.0. The van der Waals surface area contributed by atoms with Gasteiger partial charge >= 0.3 is 5.97 Å². The molecule has 10 nitrogen and oxygen atoms in total. The Morgan fingerprint density at radius 3 is 2.29 bits per heavy atom. The Kier molecular flexibility index (Phi) is 6.49. The molecule has 0 radical (unpaired) electrons. The average molecular weight is 428 g/mol. The first-order chi connectivity index (χ1) is 13.1. The van der Waals surface area contributed by atoms with Crippen LogP contribution in [0.15, 0.2) is 36.4 Å². The van der Waals surface area contributed by atoms with Crippen molar-refractivity contribution in [3.8, 4) is 0 Å². The molecule has 2 rings (SSSR count). The van der Waals surface area contributed by atoms with Crippen molar-refractivity contribution in [1.82, 2.24) is 0 Å². The number of hydrogen-bond donors (Lipinski definition) is 1. The van der Waals surface area contributed by atoms with E-state index in [2.05, 4.69) is 5.32 Å². The van der Waals surface area contributed by atoms with E-state index < -0.39 is 33.5 Å². The monoisotopic (exact) mass is 427 g/mol. The molecule has 1 unspecified atom stereocenters. The molecular weight excluding hydrogens is 417 g/mol. The summed E-state index contributed by atoms with van der Waals surface area (Å²) in [6.45, 7) is 1.27. The minimum Gasteiger partial charge on any atom is -0.449 e. The lowest BCUT2D eigenvalue weighted by molar-refractivity contribution is -0.385. The van der Waals surface area contributed by atoms with Gasteiger partial charge in [0.2, 0.25) is 0 Å². The lowest BCUT2D eigenvalue weighted by Crippen LogP contribution is -2.30. The molecule has 0 spiro atoms. The van der Waals surface area contributed by atoms with E-state index in [9.17, 15) is 29.8 Å². The molecule has 0 aliphatic carbocycles. The summed E-state index contributed by atoms with van der Waals surface area (Å²) in [6.07, 6.45) is -1.28. The summed E-state index contributed by atoms with van der Waals surface area (Å²) in [5.41, 5.74) is -0.816. The number of ether oxygens (including phenoxy) is 1. The molecular formula is C16H11Cl2N3O7. The number of nitrogens with one attached hydrogen (secondary N) is 1. The molecule has 0 aromatic heterocycles. The van der Waals surface area contributed by atoms with Gasteiger partial charge < -0.3 is 10.1 Å². The topological polar surface area (TPSA) is 142 Å². The van der Waals surface area contributed by atoms with Crippen LogP contribution in [-0.2, 0) is 9.53 Å². The number of amides is 1. The second-order valence-corrected chi connectivity index (χ2v) is 6.20. The highest BCUT2D eigenvalue weighted by Gasteiger charge is 2.23. The molecule has 1 amide bonds. The number of nitrogens with zero attached hydrogens (tertiary/aromatic N) is 2. The van der Waals surface area contributed by atoms with Crippen LogP contribution in [0, 0.1) is 20.2 Å². The molecule has 0 heterocycles. The minimum absolute atomic E-state index is 0.0746. The van der Waals surface area contributed by atoms with Crippen molar-refractivity contribution in [2.45, 2.75) is 13.0 Å². The Morgan fingerprint density at radius 1 is 1.04 bits per heavy atom. The number of esters is 1. The first-order valence-electron chi connectivity index (χ1n) is 7.50. The van der Waals surface area contributed by atoms with Crippen LogP contribution in [0.3, 0.4) is 0 Å². The van der Waals surface area contributed by atoms with Gasteiger partial charge in [-0.15, -0.1) is 0 Å². The number of rotatable bonds is 6. The first kappa shape index (κ1) is 21.1. The van der Waals surface area contributed by atoms with Gasteiger partial charge in [0.1, 0.15) is 5.02 Å². The number of halogens is 2. The van der Waals surface area contributed by atoms with Crippen LogP contribution < -0.4 is 5.32 Å². The van der Waals surface area contributed by atoms with Gasteiger partial charge in [0.15, 0.2) is 6.10 Å². The number of anilines is 1. The summed E-state index contributed by atoms with van der Waals surface area (Å²) >= 11 is 11.6. The van der Waals surface area contributed by atoms with Crippen LogP contribution in [0.25, 0.3) is 0 Å². The Hall–Kier alpha value is -3.24. The molecule has 0 saturated carbocycles. The Bertz CT molecular complexity index is 981. The third kappa shape index (κ3) is 4.93. The SMILES string of the molecule is CC(OC(=O)c1ccc(Cl)c([N+](=O)[O-])c1)C(=O)Nc1ccc([N+](=O)[O-])cc1Cl. The smallest absolute Gasteiger partial charge is 0.339 e. The second kappa shape index (κ2) is 8.63. The first-order valence-corrected chi connectivity index (χ1v) is 8.25. The maximum atomic E-state index is 12.2. The van der Waals surface area contributed by atoms with Crippen molar-refractivity contribution in [2.24, 2.45) is 0 Å². The second-order valence-electron chi connectivity index (χ2n) is 5.38. The van der Waals surface area contributed by atoms with Crippen LogP contribution >= 0.6 is 23.2 Å². The molecule has 28 heavy (non-hydrogen) atoms. The van der Waals surface area contributed by atoms with Gasteiger partial charge in [-0.25, -0.2) is 4.79 Å². The predicted molar refractivity (Wildman–Crippen MR) is 99.7 cm³/mol. The van der Waals surface area contributed by atoms with Gasteiger partial charge in [-0.1, -0.05) is 23.2 Å². The average Bonchev–Trinajstić information content (AvgIpc) is 2.63. The molecule has 146 valence electrons. The Balaban J connectivity index is 2.08. The van der Waals surface area contributed by atoms with Crippen LogP contribution in [0.2, 0.25) is 10.0 Å². The van der Waals surface area contributed by atoms with Crippen molar-refractivity contribution in [1.29, 1.82) is 0 Å². The summed E-state index contributed by atoms with van der Waals surface area (Å²) in [5.74, 6) is -1.73. The molecule has 1 atom stereocenters. The van der Waals surface area contributed by atoms with E-state index in [-0.39, 0.29) is 27.0 Å². The highest BCUT2D eigenvalue weighted by atomic mass is 35.5. The summed E-state index contributed by atoms with van der Waals surface area (Å²) in [6, 6.07) is 6.75. The van der Waals surface area contributed by atoms with E-state index in [4.69, 9.17) is 27.9 Å². The summed E-state index contributed by atoms with van der Waals surface area (Å²) in [7, 11) is 0. The van der Waals surface area contributed by atoms with Crippen molar-refractivity contribution >= 4 is 52.1 Å². The largest absolute Gasteiger partial charge is 0.449 e. The fourth-order valence-electron chi connectivity index (χ4n) is 2.01. The highest BCUT2D eigenvalue weighted by molar-refractivity contribution is 6.34. The Labute approximate surface area is 167 Å². The number of carbonyl (C=O) groups is 2. The standard InChI is InChI=1S/C16H11Cl2N3O7/c1-8(15(22)19-13-5-3-10(20(24)25)7-12(13)18)28-16(23)9-2-4-11(17)14(6-9)21(26)27/h2-8H,1H3,(H,19,22). The van der Waals surface area contributed by atoms with E-state index in [1.165, 1.54) is 19.1 Å². The number of benzene rings is 2. The van der Waals surface area contributed by atoms with E-state index in [1.807, 2.05) is 0 Å². The van der Waals surface area contributed by atoms with Gasteiger partial charge in [0.05, 0.1) is 26.1 Å². The summed E-state index contributed by atoms with van der Waals surface area (Å²) in [4.78, 5) is 44.4.